The van der Waals surface area contributed by atoms with E-state index in [0.29, 0.717) is 0 Å². The normalized spacial score (nSPS) is 15.2. The van der Waals surface area contributed by atoms with Crippen molar-refractivity contribution in [3.63, 3.8) is 0 Å². The molecule has 0 radical (unpaired) electrons. The summed E-state index contributed by atoms with van der Waals surface area (Å²) in [6.07, 6.45) is 9.95. The van der Waals surface area contributed by atoms with Crippen LogP contribution < -0.4 is 0 Å². The van der Waals surface area contributed by atoms with Gasteiger partial charge in [0.25, 0.3) is 0 Å². The van der Waals surface area contributed by atoms with Gasteiger partial charge in [-0.3, -0.25) is 4.57 Å². The van der Waals surface area contributed by atoms with Gasteiger partial charge in [0.15, 0.2) is 0 Å². The van der Waals surface area contributed by atoms with Crippen molar-refractivity contribution in [2.45, 2.75) is 25.2 Å². The Labute approximate surface area is 310 Å². The lowest BCUT2D eigenvalue weighted by atomic mass is 9.78. The Bertz CT molecular complexity index is 2780. The maximum absolute atomic E-state index is 5.26. The van der Waals surface area contributed by atoms with E-state index in [9.17, 15) is 0 Å². The predicted octanol–water partition coefficient (Wildman–Crippen LogP) is 12.9. The molecule has 1 unspecified atom stereocenters. The molecule has 11 rings (SSSR count). The van der Waals surface area contributed by atoms with Crippen molar-refractivity contribution >= 4 is 22.4 Å². The number of aromatic nitrogens is 2. The highest BCUT2D eigenvalue weighted by molar-refractivity contribution is 6.21. The largest absolute Gasteiger partial charge is 0.296 e. The molecule has 0 fully saturated rings. The second-order valence-corrected chi connectivity index (χ2v) is 14.5. The molecule has 3 aliphatic carbocycles. The van der Waals surface area contributed by atoms with Crippen LogP contribution in [0.1, 0.15) is 52.4 Å². The third-order valence-corrected chi connectivity index (χ3v) is 11.6. The molecule has 1 atom stereocenters. The van der Waals surface area contributed by atoms with Gasteiger partial charge in [0.05, 0.1) is 11.4 Å². The SMILES string of the molecule is C1=Cc2nc(-c3cccc(C4CC=C5c6c(cccc64)-c4c5c(-c5ccccc5)c5ccccc5c4-c4ccccc4)c3)n(-c3ccccc3)c2CC1. The van der Waals surface area contributed by atoms with Gasteiger partial charge in [0.2, 0.25) is 0 Å². The number of fused-ring (bicyclic) bond motifs is 5. The molecule has 53 heavy (non-hydrogen) atoms. The van der Waals surface area contributed by atoms with Crippen LogP contribution >= 0.6 is 0 Å². The number of nitrogens with zero attached hydrogens (tertiary/aromatic N) is 2. The van der Waals surface area contributed by atoms with Gasteiger partial charge >= 0.3 is 0 Å². The van der Waals surface area contributed by atoms with Gasteiger partial charge in [-0.05, 0) is 116 Å². The van der Waals surface area contributed by atoms with Crippen LogP contribution in [0.4, 0.5) is 0 Å². The highest BCUT2D eigenvalue weighted by atomic mass is 15.1. The number of allylic oxidation sites excluding steroid dienone is 2. The van der Waals surface area contributed by atoms with E-state index in [1.165, 1.54) is 77.7 Å². The lowest BCUT2D eigenvalue weighted by Gasteiger charge is -2.26. The third-order valence-electron chi connectivity index (χ3n) is 11.6. The zero-order valence-corrected chi connectivity index (χ0v) is 29.3. The smallest absolute Gasteiger partial charge is 0.145 e. The van der Waals surface area contributed by atoms with Crippen molar-refractivity contribution in [2.75, 3.05) is 0 Å². The molecule has 0 saturated heterocycles. The summed E-state index contributed by atoms with van der Waals surface area (Å²) >= 11 is 0. The van der Waals surface area contributed by atoms with Gasteiger partial charge in [-0.15, -0.1) is 0 Å². The third kappa shape index (κ3) is 4.62. The Balaban J connectivity index is 1.12. The number of benzene rings is 7. The van der Waals surface area contributed by atoms with Gasteiger partial charge in [0.1, 0.15) is 5.82 Å². The molecule has 1 aromatic heterocycles. The summed E-state index contributed by atoms with van der Waals surface area (Å²) in [4.78, 5) is 5.26. The van der Waals surface area contributed by atoms with E-state index in [1.807, 2.05) is 0 Å². The maximum atomic E-state index is 5.26. The average Bonchev–Trinajstić information content (AvgIpc) is 3.78. The number of hydrogen-bond donors (Lipinski definition) is 0. The molecule has 8 aromatic rings. The number of imidazole rings is 1. The highest BCUT2D eigenvalue weighted by Crippen LogP contribution is 2.59. The van der Waals surface area contributed by atoms with Gasteiger partial charge in [-0.1, -0.05) is 152 Å². The number of hydrogen-bond acceptors (Lipinski definition) is 1. The van der Waals surface area contributed by atoms with Gasteiger partial charge < -0.3 is 0 Å². The van der Waals surface area contributed by atoms with E-state index in [2.05, 4.69) is 181 Å². The molecule has 3 aliphatic rings. The Hall–Kier alpha value is -6.51. The van der Waals surface area contributed by atoms with E-state index in [1.54, 1.807) is 0 Å². The fraction of sp³-hybridized carbons (Fsp3) is 0.0784. The molecular formula is C51H36N2. The maximum Gasteiger partial charge on any atom is 0.145 e. The molecule has 2 heteroatoms. The summed E-state index contributed by atoms with van der Waals surface area (Å²) in [5, 5.41) is 2.59. The first-order valence-electron chi connectivity index (χ1n) is 18.8. The summed E-state index contributed by atoms with van der Waals surface area (Å²) in [5.74, 6) is 1.24. The van der Waals surface area contributed by atoms with Crippen LogP contribution in [0.3, 0.4) is 0 Å². The van der Waals surface area contributed by atoms with E-state index in [4.69, 9.17) is 4.98 Å². The molecular weight excluding hydrogens is 641 g/mol. The molecule has 0 amide bonds. The Morgan fingerprint density at radius 1 is 0.547 bits per heavy atom. The van der Waals surface area contributed by atoms with Crippen molar-refractivity contribution in [2.24, 2.45) is 0 Å². The fourth-order valence-corrected chi connectivity index (χ4v) is 9.37. The van der Waals surface area contributed by atoms with E-state index >= 15 is 0 Å². The van der Waals surface area contributed by atoms with Crippen LogP contribution in [0.5, 0.6) is 0 Å². The zero-order chi connectivity index (χ0) is 34.9. The molecule has 2 nitrogen and oxygen atoms in total. The Morgan fingerprint density at radius 2 is 1.19 bits per heavy atom. The Kier molecular flexibility index (Phi) is 6.85. The van der Waals surface area contributed by atoms with Gasteiger partial charge in [-0.2, -0.15) is 0 Å². The lowest BCUT2D eigenvalue weighted by Crippen LogP contribution is -2.09. The average molecular weight is 677 g/mol. The van der Waals surface area contributed by atoms with E-state index in [0.717, 1.165) is 42.0 Å². The highest BCUT2D eigenvalue weighted by Gasteiger charge is 2.37. The molecule has 0 bridgehead atoms. The Morgan fingerprint density at radius 3 is 1.92 bits per heavy atom. The standard InChI is InChI=1S/C51H36N2/c1-4-16-33(17-5-1)46-40-24-10-11-25-41(40)47(34-18-6-2-7-19-34)50-43-31-30-38(39-26-15-27-42(48(39)43)49(46)50)35-20-14-21-36(32-35)51-52-44-28-12-13-29-45(44)53(51)37-22-8-3-9-23-37/h1-12,14-28,31-32,38H,13,29-30H2. The molecule has 1 heterocycles. The van der Waals surface area contributed by atoms with Crippen molar-refractivity contribution in [1.82, 2.24) is 9.55 Å². The fourth-order valence-electron chi connectivity index (χ4n) is 9.37. The second-order valence-electron chi connectivity index (χ2n) is 14.5. The molecule has 0 N–H and O–H groups in total. The summed E-state index contributed by atoms with van der Waals surface area (Å²) in [6, 6.07) is 58.0. The first-order valence-corrected chi connectivity index (χ1v) is 18.8. The minimum absolute atomic E-state index is 0.229. The molecule has 0 saturated carbocycles. The molecule has 0 spiro atoms. The first-order chi connectivity index (χ1) is 26.3. The van der Waals surface area contributed by atoms with Gasteiger partial charge in [0, 0.05) is 17.2 Å². The summed E-state index contributed by atoms with van der Waals surface area (Å²) in [6.45, 7) is 0. The van der Waals surface area contributed by atoms with Crippen molar-refractivity contribution < 1.29 is 0 Å². The van der Waals surface area contributed by atoms with Crippen LogP contribution in [-0.4, -0.2) is 9.55 Å². The van der Waals surface area contributed by atoms with Crippen molar-refractivity contribution in [3.05, 3.63) is 204 Å². The first kappa shape index (κ1) is 30.1. The van der Waals surface area contributed by atoms with Crippen molar-refractivity contribution in [1.29, 1.82) is 0 Å². The quantitative estimate of drug-likeness (QED) is 0.177. The molecule has 0 aliphatic heterocycles. The second kappa shape index (κ2) is 12.0. The summed E-state index contributed by atoms with van der Waals surface area (Å²) in [7, 11) is 0. The minimum atomic E-state index is 0.229. The molecule has 250 valence electrons. The van der Waals surface area contributed by atoms with Crippen LogP contribution in [0, 0.1) is 0 Å². The zero-order valence-electron chi connectivity index (χ0n) is 29.3. The summed E-state index contributed by atoms with van der Waals surface area (Å²) in [5.41, 5.74) is 19.4. The van der Waals surface area contributed by atoms with Crippen LogP contribution in [-0.2, 0) is 6.42 Å². The number of para-hydroxylation sites is 1. The van der Waals surface area contributed by atoms with E-state index < -0.39 is 0 Å². The van der Waals surface area contributed by atoms with Crippen LogP contribution in [0.15, 0.2) is 170 Å². The predicted molar refractivity (Wildman–Crippen MR) is 220 cm³/mol. The number of rotatable bonds is 5. The van der Waals surface area contributed by atoms with Crippen LogP contribution in [0.2, 0.25) is 0 Å². The monoisotopic (exact) mass is 676 g/mol. The molecule has 7 aromatic carbocycles. The minimum Gasteiger partial charge on any atom is -0.296 e. The topological polar surface area (TPSA) is 17.8 Å². The van der Waals surface area contributed by atoms with Crippen molar-refractivity contribution in [3.8, 4) is 50.5 Å². The van der Waals surface area contributed by atoms with Crippen LogP contribution in [0.25, 0.3) is 72.9 Å². The van der Waals surface area contributed by atoms with Gasteiger partial charge in [-0.25, -0.2) is 4.98 Å². The van der Waals surface area contributed by atoms with E-state index in [-0.39, 0.29) is 5.92 Å². The lowest BCUT2D eigenvalue weighted by molar-refractivity contribution is 0.817. The summed E-state index contributed by atoms with van der Waals surface area (Å²) < 4.78 is 2.38.